The van der Waals surface area contributed by atoms with Gasteiger partial charge in [0.1, 0.15) is 18.7 Å². The minimum Gasteiger partial charge on any atom is -0.486 e. The molecule has 0 fully saturated rings. The molecule has 1 aliphatic rings. The van der Waals surface area contributed by atoms with Crippen molar-refractivity contribution in [3.63, 3.8) is 0 Å². The standard InChI is InChI=1S/C24H23N5O3/c1-30-23-5-4-20-24(29-23)18(7-9-26-20)19-3-2-16(13-28-19)6-8-25-14-17-12-21-22(15-27-17)32-11-10-31-21/h2-5,7,9,12-13,15,25H,6,8,10-11,14H2,1H3. The Balaban J connectivity index is 1.21. The Morgan fingerprint density at radius 2 is 1.88 bits per heavy atom. The molecule has 0 spiro atoms. The Labute approximate surface area is 185 Å². The van der Waals surface area contributed by atoms with Gasteiger partial charge < -0.3 is 19.5 Å². The van der Waals surface area contributed by atoms with Crippen molar-refractivity contribution in [1.82, 2.24) is 25.3 Å². The fourth-order valence-electron chi connectivity index (χ4n) is 3.59. The van der Waals surface area contributed by atoms with E-state index in [-0.39, 0.29) is 0 Å². The molecule has 32 heavy (non-hydrogen) atoms. The van der Waals surface area contributed by atoms with Gasteiger partial charge in [0.15, 0.2) is 11.5 Å². The van der Waals surface area contributed by atoms with Crippen LogP contribution < -0.4 is 19.5 Å². The molecule has 0 saturated heterocycles. The van der Waals surface area contributed by atoms with Crippen LogP contribution in [0.15, 0.2) is 55.0 Å². The van der Waals surface area contributed by atoms with Gasteiger partial charge in [-0.3, -0.25) is 15.0 Å². The number of rotatable bonds is 7. The molecular formula is C24H23N5O3. The highest BCUT2D eigenvalue weighted by Gasteiger charge is 2.12. The Hall–Kier alpha value is -3.78. The molecule has 4 aromatic rings. The van der Waals surface area contributed by atoms with Crippen molar-refractivity contribution in [2.75, 3.05) is 26.9 Å². The minimum atomic E-state index is 0.557. The van der Waals surface area contributed by atoms with Gasteiger partial charge in [-0.2, -0.15) is 0 Å². The van der Waals surface area contributed by atoms with Gasteiger partial charge >= 0.3 is 0 Å². The van der Waals surface area contributed by atoms with Crippen LogP contribution in [-0.4, -0.2) is 46.8 Å². The average molecular weight is 429 g/mol. The third kappa shape index (κ3) is 4.31. The van der Waals surface area contributed by atoms with E-state index < -0.39 is 0 Å². The lowest BCUT2D eigenvalue weighted by Crippen LogP contribution is -2.19. The first-order valence-electron chi connectivity index (χ1n) is 10.5. The molecule has 4 aromatic heterocycles. The number of ether oxygens (including phenoxy) is 3. The summed E-state index contributed by atoms with van der Waals surface area (Å²) in [7, 11) is 1.61. The summed E-state index contributed by atoms with van der Waals surface area (Å²) in [6.45, 7) is 2.62. The molecule has 5 heterocycles. The maximum absolute atomic E-state index is 5.61. The Morgan fingerprint density at radius 3 is 2.72 bits per heavy atom. The first-order valence-corrected chi connectivity index (χ1v) is 10.5. The zero-order chi connectivity index (χ0) is 21.8. The van der Waals surface area contributed by atoms with Crippen LogP contribution in [0.1, 0.15) is 11.3 Å². The number of nitrogens with one attached hydrogen (secondary N) is 1. The van der Waals surface area contributed by atoms with Crippen molar-refractivity contribution in [3.8, 4) is 28.6 Å². The summed E-state index contributed by atoms with van der Waals surface area (Å²) < 4.78 is 16.4. The molecule has 8 heteroatoms. The third-order valence-electron chi connectivity index (χ3n) is 5.25. The predicted molar refractivity (Wildman–Crippen MR) is 120 cm³/mol. The van der Waals surface area contributed by atoms with E-state index in [9.17, 15) is 0 Å². The second kappa shape index (κ2) is 9.15. The number of aromatic nitrogens is 4. The molecule has 0 radical (unpaired) electrons. The van der Waals surface area contributed by atoms with E-state index in [0.717, 1.165) is 52.3 Å². The number of hydrogen-bond acceptors (Lipinski definition) is 8. The van der Waals surface area contributed by atoms with Crippen molar-refractivity contribution in [1.29, 1.82) is 0 Å². The van der Waals surface area contributed by atoms with E-state index in [2.05, 4.69) is 31.3 Å². The second-order valence-electron chi connectivity index (χ2n) is 7.38. The maximum Gasteiger partial charge on any atom is 0.213 e. The molecule has 0 aromatic carbocycles. The molecule has 1 aliphatic heterocycles. The lowest BCUT2D eigenvalue weighted by Gasteiger charge is -2.18. The van der Waals surface area contributed by atoms with E-state index in [1.807, 2.05) is 36.5 Å². The topological polar surface area (TPSA) is 91.3 Å². The average Bonchev–Trinajstić information content (AvgIpc) is 2.86. The zero-order valence-electron chi connectivity index (χ0n) is 17.7. The Bertz CT molecular complexity index is 1230. The highest BCUT2D eigenvalue weighted by Crippen LogP contribution is 2.29. The van der Waals surface area contributed by atoms with Crippen LogP contribution in [0.25, 0.3) is 22.3 Å². The van der Waals surface area contributed by atoms with Gasteiger partial charge in [-0.25, -0.2) is 4.98 Å². The van der Waals surface area contributed by atoms with Crippen molar-refractivity contribution in [2.24, 2.45) is 0 Å². The summed E-state index contributed by atoms with van der Waals surface area (Å²) in [6, 6.07) is 11.7. The molecular weight excluding hydrogens is 406 g/mol. The largest absolute Gasteiger partial charge is 0.486 e. The second-order valence-corrected chi connectivity index (χ2v) is 7.38. The summed E-state index contributed by atoms with van der Waals surface area (Å²) in [5.74, 6) is 2.03. The maximum atomic E-state index is 5.61. The molecule has 0 bridgehead atoms. The van der Waals surface area contributed by atoms with E-state index in [4.69, 9.17) is 14.2 Å². The molecule has 162 valence electrons. The fraction of sp³-hybridized carbons (Fsp3) is 0.250. The quantitative estimate of drug-likeness (QED) is 0.448. The fourth-order valence-corrected chi connectivity index (χ4v) is 3.59. The summed E-state index contributed by atoms with van der Waals surface area (Å²) >= 11 is 0. The van der Waals surface area contributed by atoms with Crippen molar-refractivity contribution in [2.45, 2.75) is 13.0 Å². The van der Waals surface area contributed by atoms with Crippen molar-refractivity contribution >= 4 is 11.0 Å². The van der Waals surface area contributed by atoms with Gasteiger partial charge in [-0.05, 0) is 36.7 Å². The molecule has 0 aliphatic carbocycles. The monoisotopic (exact) mass is 429 g/mol. The lowest BCUT2D eigenvalue weighted by atomic mass is 10.1. The summed E-state index contributed by atoms with van der Waals surface area (Å²) in [5.41, 5.74) is 5.46. The van der Waals surface area contributed by atoms with Crippen LogP contribution in [0.3, 0.4) is 0 Å². The smallest absolute Gasteiger partial charge is 0.213 e. The molecule has 0 atom stereocenters. The minimum absolute atomic E-state index is 0.557. The van der Waals surface area contributed by atoms with Gasteiger partial charge in [0.05, 0.1) is 30.2 Å². The number of nitrogens with zero attached hydrogens (tertiary/aromatic N) is 4. The summed E-state index contributed by atoms with van der Waals surface area (Å²) in [6.07, 6.45) is 6.27. The van der Waals surface area contributed by atoms with E-state index in [1.54, 1.807) is 19.5 Å². The molecule has 0 saturated carbocycles. The Kier molecular flexibility index (Phi) is 5.76. The normalized spacial score (nSPS) is 12.7. The summed E-state index contributed by atoms with van der Waals surface area (Å²) in [4.78, 5) is 18.0. The van der Waals surface area contributed by atoms with Gasteiger partial charge in [-0.15, -0.1) is 0 Å². The van der Waals surface area contributed by atoms with E-state index in [1.165, 1.54) is 0 Å². The highest BCUT2D eigenvalue weighted by molar-refractivity contribution is 5.90. The third-order valence-corrected chi connectivity index (χ3v) is 5.25. The van der Waals surface area contributed by atoms with Crippen LogP contribution in [0.5, 0.6) is 17.4 Å². The first kappa shape index (κ1) is 20.1. The van der Waals surface area contributed by atoms with Crippen LogP contribution in [0.4, 0.5) is 0 Å². The first-order chi connectivity index (χ1) is 15.8. The van der Waals surface area contributed by atoms with E-state index >= 15 is 0 Å². The van der Waals surface area contributed by atoms with E-state index in [0.29, 0.717) is 31.4 Å². The number of methoxy groups -OCH3 is 1. The van der Waals surface area contributed by atoms with Gasteiger partial charge in [0, 0.05) is 36.6 Å². The van der Waals surface area contributed by atoms with Gasteiger partial charge in [0.2, 0.25) is 5.88 Å². The number of hydrogen-bond donors (Lipinski definition) is 1. The Morgan fingerprint density at radius 1 is 0.969 bits per heavy atom. The zero-order valence-corrected chi connectivity index (χ0v) is 17.7. The molecule has 0 unspecified atom stereocenters. The van der Waals surface area contributed by atoms with Crippen LogP contribution in [-0.2, 0) is 13.0 Å². The lowest BCUT2D eigenvalue weighted by molar-refractivity contribution is 0.170. The molecule has 5 rings (SSSR count). The van der Waals surface area contributed by atoms with Crippen LogP contribution in [0, 0.1) is 0 Å². The van der Waals surface area contributed by atoms with Crippen LogP contribution in [0.2, 0.25) is 0 Å². The van der Waals surface area contributed by atoms with Gasteiger partial charge in [-0.1, -0.05) is 6.07 Å². The molecule has 8 nitrogen and oxygen atoms in total. The van der Waals surface area contributed by atoms with Gasteiger partial charge in [0.25, 0.3) is 0 Å². The molecule has 0 amide bonds. The molecule has 1 N–H and O–H groups in total. The van der Waals surface area contributed by atoms with Crippen molar-refractivity contribution in [3.05, 3.63) is 66.2 Å². The number of fused-ring (bicyclic) bond motifs is 2. The van der Waals surface area contributed by atoms with Crippen molar-refractivity contribution < 1.29 is 14.2 Å². The highest BCUT2D eigenvalue weighted by atomic mass is 16.6. The summed E-state index contributed by atoms with van der Waals surface area (Å²) in [5, 5.41) is 3.42. The predicted octanol–water partition coefficient (Wildman–Crippen LogP) is 3.20. The number of pyridine rings is 4. The van der Waals surface area contributed by atoms with Crippen LogP contribution >= 0.6 is 0 Å². The SMILES string of the molecule is COc1ccc2nccc(-c3ccc(CCNCc4cc5c(cn4)OCCO5)cn3)c2n1.